The highest BCUT2D eigenvalue weighted by Crippen LogP contribution is 2.28. The molecule has 0 saturated heterocycles. The van der Waals surface area contributed by atoms with Gasteiger partial charge in [-0.2, -0.15) is 0 Å². The Balaban J connectivity index is 2.80. The van der Waals surface area contributed by atoms with Gasteiger partial charge in [-0.25, -0.2) is 0 Å². The van der Waals surface area contributed by atoms with Gasteiger partial charge in [0.1, 0.15) is 6.54 Å². The van der Waals surface area contributed by atoms with Gasteiger partial charge in [-0.1, -0.05) is 13.3 Å². The number of hydrogen-bond donors (Lipinski definition) is 2. The molecule has 0 bridgehead atoms. The first kappa shape index (κ1) is 16.8. The van der Waals surface area contributed by atoms with Crippen molar-refractivity contribution < 1.29 is 24.2 Å². The van der Waals surface area contributed by atoms with E-state index in [-0.39, 0.29) is 0 Å². The van der Waals surface area contributed by atoms with Crippen LogP contribution in [0.3, 0.4) is 0 Å². The van der Waals surface area contributed by atoms with E-state index in [4.69, 9.17) is 14.6 Å². The van der Waals surface area contributed by atoms with Gasteiger partial charge in [0.2, 0.25) is 0 Å². The highest BCUT2D eigenvalue weighted by Gasteiger charge is 2.12. The molecule has 1 rings (SSSR count). The van der Waals surface area contributed by atoms with E-state index in [1.54, 1.807) is 18.2 Å². The van der Waals surface area contributed by atoms with E-state index in [0.717, 1.165) is 12.8 Å². The lowest BCUT2D eigenvalue weighted by Gasteiger charge is -2.13. The number of carbonyl (C=O) groups is 2. The predicted molar refractivity (Wildman–Crippen MR) is 78.0 cm³/mol. The average molecular weight is 295 g/mol. The zero-order valence-electron chi connectivity index (χ0n) is 12.3. The number of amides is 1. The number of carboxylic acids is 1. The van der Waals surface area contributed by atoms with Crippen molar-refractivity contribution in [3.8, 4) is 11.5 Å². The van der Waals surface area contributed by atoms with Crippen LogP contribution in [0.1, 0.15) is 37.0 Å². The third-order valence-corrected chi connectivity index (χ3v) is 2.66. The normalized spacial score (nSPS) is 10.0. The maximum atomic E-state index is 11.8. The largest absolute Gasteiger partial charge is 0.490 e. The van der Waals surface area contributed by atoms with E-state index in [1.807, 2.05) is 6.92 Å². The molecule has 1 aromatic carbocycles. The van der Waals surface area contributed by atoms with Crippen LogP contribution in [0, 0.1) is 0 Å². The Labute approximate surface area is 124 Å². The highest BCUT2D eigenvalue weighted by atomic mass is 16.5. The summed E-state index contributed by atoms with van der Waals surface area (Å²) in [5.41, 5.74) is 0.336. The summed E-state index contributed by atoms with van der Waals surface area (Å²) in [5.74, 6) is -0.483. The van der Waals surface area contributed by atoms with Crippen molar-refractivity contribution in [3.05, 3.63) is 23.8 Å². The molecule has 0 radical (unpaired) electrons. The van der Waals surface area contributed by atoms with Crippen LogP contribution in [0.2, 0.25) is 0 Å². The Morgan fingerprint density at radius 3 is 2.57 bits per heavy atom. The number of aliphatic carboxylic acids is 1. The minimum absolute atomic E-state index is 0.336. The zero-order chi connectivity index (χ0) is 15.7. The van der Waals surface area contributed by atoms with E-state index in [2.05, 4.69) is 12.2 Å². The van der Waals surface area contributed by atoms with Crippen LogP contribution in [0.25, 0.3) is 0 Å². The molecular weight excluding hydrogens is 274 g/mol. The summed E-state index contributed by atoms with van der Waals surface area (Å²) < 4.78 is 11.1. The molecule has 0 atom stereocenters. The summed E-state index contributed by atoms with van der Waals surface area (Å²) in [6, 6.07) is 4.80. The second-order valence-electron chi connectivity index (χ2n) is 4.37. The number of unbranched alkanes of at least 4 members (excludes halogenated alkanes) is 1. The average Bonchev–Trinajstić information content (AvgIpc) is 2.46. The summed E-state index contributed by atoms with van der Waals surface area (Å²) in [6.45, 7) is 4.53. The minimum atomic E-state index is -1.09. The van der Waals surface area contributed by atoms with E-state index < -0.39 is 18.4 Å². The second kappa shape index (κ2) is 8.84. The number of carboxylic acid groups (broad SMARTS) is 1. The van der Waals surface area contributed by atoms with Gasteiger partial charge in [-0.3, -0.25) is 9.59 Å². The molecule has 6 nitrogen and oxygen atoms in total. The smallest absolute Gasteiger partial charge is 0.322 e. The van der Waals surface area contributed by atoms with Gasteiger partial charge in [0.15, 0.2) is 11.5 Å². The molecule has 1 aromatic rings. The van der Waals surface area contributed by atoms with Crippen molar-refractivity contribution >= 4 is 11.9 Å². The first-order chi connectivity index (χ1) is 10.1. The van der Waals surface area contributed by atoms with Crippen LogP contribution in [-0.4, -0.2) is 36.7 Å². The minimum Gasteiger partial charge on any atom is -0.490 e. The molecule has 0 heterocycles. The number of benzene rings is 1. The Morgan fingerprint density at radius 2 is 1.95 bits per heavy atom. The monoisotopic (exact) mass is 295 g/mol. The molecule has 6 heteroatoms. The fourth-order valence-electron chi connectivity index (χ4n) is 1.62. The molecule has 0 unspecified atom stereocenters. The van der Waals surface area contributed by atoms with Gasteiger partial charge in [-0.05, 0) is 31.5 Å². The molecule has 0 aliphatic heterocycles. The highest BCUT2D eigenvalue weighted by molar-refractivity contribution is 5.96. The fourth-order valence-corrected chi connectivity index (χ4v) is 1.62. The first-order valence-electron chi connectivity index (χ1n) is 6.98. The zero-order valence-corrected chi connectivity index (χ0v) is 12.3. The third-order valence-electron chi connectivity index (χ3n) is 2.66. The molecule has 116 valence electrons. The Kier molecular flexibility index (Phi) is 7.08. The van der Waals surface area contributed by atoms with Crippen molar-refractivity contribution in [2.75, 3.05) is 19.8 Å². The number of hydrogen-bond acceptors (Lipinski definition) is 4. The lowest BCUT2D eigenvalue weighted by molar-refractivity contribution is -0.135. The third kappa shape index (κ3) is 5.72. The van der Waals surface area contributed by atoms with Crippen molar-refractivity contribution in [1.82, 2.24) is 5.32 Å². The summed E-state index contributed by atoms with van der Waals surface area (Å²) >= 11 is 0. The van der Waals surface area contributed by atoms with E-state index >= 15 is 0 Å². The van der Waals surface area contributed by atoms with Crippen LogP contribution in [-0.2, 0) is 4.79 Å². The SMILES string of the molecule is CCCCOc1ccc(C(=O)NCC(=O)O)cc1OCC. The van der Waals surface area contributed by atoms with E-state index in [0.29, 0.717) is 30.3 Å². The lowest BCUT2D eigenvalue weighted by atomic mass is 10.2. The van der Waals surface area contributed by atoms with E-state index in [9.17, 15) is 9.59 Å². The van der Waals surface area contributed by atoms with Crippen molar-refractivity contribution in [1.29, 1.82) is 0 Å². The molecule has 21 heavy (non-hydrogen) atoms. The molecule has 0 saturated carbocycles. The molecule has 0 spiro atoms. The maximum Gasteiger partial charge on any atom is 0.322 e. The van der Waals surface area contributed by atoms with Crippen molar-refractivity contribution in [2.45, 2.75) is 26.7 Å². The summed E-state index contributed by atoms with van der Waals surface area (Å²) in [5, 5.41) is 10.9. The fraction of sp³-hybridized carbons (Fsp3) is 0.467. The summed E-state index contributed by atoms with van der Waals surface area (Å²) in [6.07, 6.45) is 1.96. The number of ether oxygens (including phenoxy) is 2. The van der Waals surface area contributed by atoms with Crippen LogP contribution in [0.4, 0.5) is 0 Å². The van der Waals surface area contributed by atoms with Gasteiger partial charge >= 0.3 is 5.97 Å². The molecule has 0 aliphatic rings. The standard InChI is InChI=1S/C15H21NO5/c1-3-5-8-21-12-7-6-11(9-13(12)20-4-2)15(19)16-10-14(17)18/h6-7,9H,3-5,8,10H2,1-2H3,(H,16,19)(H,17,18). The quantitative estimate of drug-likeness (QED) is 0.681. The van der Waals surface area contributed by atoms with Gasteiger partial charge in [0, 0.05) is 5.56 Å². The maximum absolute atomic E-state index is 11.8. The number of nitrogens with one attached hydrogen (secondary N) is 1. The first-order valence-corrected chi connectivity index (χ1v) is 6.98. The molecular formula is C15H21NO5. The van der Waals surface area contributed by atoms with E-state index in [1.165, 1.54) is 0 Å². The topological polar surface area (TPSA) is 84.9 Å². The molecule has 2 N–H and O–H groups in total. The predicted octanol–water partition coefficient (Wildman–Crippen LogP) is 2.08. The molecule has 1 amide bonds. The Hall–Kier alpha value is -2.24. The van der Waals surface area contributed by atoms with Crippen LogP contribution < -0.4 is 14.8 Å². The van der Waals surface area contributed by atoms with Crippen LogP contribution in [0.5, 0.6) is 11.5 Å². The van der Waals surface area contributed by atoms with Gasteiger partial charge < -0.3 is 19.9 Å². The second-order valence-corrected chi connectivity index (χ2v) is 4.37. The lowest BCUT2D eigenvalue weighted by Crippen LogP contribution is -2.29. The van der Waals surface area contributed by atoms with Gasteiger partial charge in [0.05, 0.1) is 13.2 Å². The van der Waals surface area contributed by atoms with Crippen LogP contribution in [0.15, 0.2) is 18.2 Å². The molecule has 0 aliphatic carbocycles. The van der Waals surface area contributed by atoms with Crippen molar-refractivity contribution in [2.24, 2.45) is 0 Å². The summed E-state index contributed by atoms with van der Waals surface area (Å²) in [4.78, 5) is 22.3. The van der Waals surface area contributed by atoms with Crippen LogP contribution >= 0.6 is 0 Å². The molecule has 0 fully saturated rings. The number of carbonyl (C=O) groups excluding carboxylic acids is 1. The Morgan fingerprint density at radius 1 is 1.19 bits per heavy atom. The molecule has 0 aromatic heterocycles. The number of rotatable bonds is 9. The van der Waals surface area contributed by atoms with Gasteiger partial charge in [-0.15, -0.1) is 0 Å². The summed E-state index contributed by atoms with van der Waals surface area (Å²) in [7, 11) is 0. The van der Waals surface area contributed by atoms with Crippen molar-refractivity contribution in [3.63, 3.8) is 0 Å². The Bertz CT molecular complexity index is 487. The van der Waals surface area contributed by atoms with Gasteiger partial charge in [0.25, 0.3) is 5.91 Å².